The van der Waals surface area contributed by atoms with Crippen LogP contribution in [0.3, 0.4) is 0 Å². The molecule has 2 aromatic rings. The Morgan fingerprint density at radius 1 is 1.32 bits per heavy atom. The summed E-state index contributed by atoms with van der Waals surface area (Å²) in [6.07, 6.45) is 0. The lowest BCUT2D eigenvalue weighted by molar-refractivity contribution is 0.206. The first kappa shape index (κ1) is 13.7. The molecular weight excluding hydrogens is 244 g/mol. The summed E-state index contributed by atoms with van der Waals surface area (Å²) in [5, 5.41) is 24.6. The minimum Gasteiger partial charge on any atom is -0.395 e. The predicted molar refractivity (Wildman–Crippen MR) is 73.2 cm³/mol. The van der Waals surface area contributed by atoms with Crippen molar-refractivity contribution in [3.63, 3.8) is 0 Å². The second kappa shape index (κ2) is 6.44. The van der Waals surface area contributed by atoms with Gasteiger partial charge in [0.15, 0.2) is 11.5 Å². The normalized spacial score (nSPS) is 11.4. The first-order chi connectivity index (χ1) is 9.24. The number of hydrogen-bond acceptors (Lipinski definition) is 6. The van der Waals surface area contributed by atoms with Gasteiger partial charge in [-0.2, -0.15) is 4.52 Å². The minimum atomic E-state index is 0.192. The highest BCUT2D eigenvalue weighted by Gasteiger charge is 2.04. The van der Waals surface area contributed by atoms with Crippen molar-refractivity contribution in [1.29, 1.82) is 0 Å². The van der Waals surface area contributed by atoms with Gasteiger partial charge in [-0.05, 0) is 25.6 Å². The lowest BCUT2D eigenvalue weighted by Gasteiger charge is -2.19. The van der Waals surface area contributed by atoms with E-state index in [2.05, 4.69) is 32.4 Å². The molecule has 2 aromatic heterocycles. The maximum absolute atomic E-state index is 8.92. The van der Waals surface area contributed by atoms with E-state index in [-0.39, 0.29) is 6.61 Å². The van der Waals surface area contributed by atoms with E-state index in [1.54, 1.807) is 4.52 Å². The molecule has 2 heterocycles. The Morgan fingerprint density at radius 3 is 2.89 bits per heavy atom. The maximum Gasteiger partial charge on any atom is 0.178 e. The summed E-state index contributed by atoms with van der Waals surface area (Å²) in [6, 6.07) is 3.78. The molecule has 0 aliphatic heterocycles. The van der Waals surface area contributed by atoms with Crippen LogP contribution >= 0.6 is 0 Å². The summed E-state index contributed by atoms with van der Waals surface area (Å²) in [5.41, 5.74) is 0.749. The smallest absolute Gasteiger partial charge is 0.178 e. The Balaban J connectivity index is 1.92. The van der Waals surface area contributed by atoms with E-state index in [1.165, 1.54) is 0 Å². The molecule has 0 radical (unpaired) electrons. The third kappa shape index (κ3) is 3.39. The topological polar surface area (TPSA) is 78.6 Å². The Kier molecular flexibility index (Phi) is 4.64. The number of aromatic nitrogens is 4. The highest BCUT2D eigenvalue weighted by molar-refractivity contribution is 5.43. The molecule has 2 rings (SSSR count). The summed E-state index contributed by atoms with van der Waals surface area (Å²) in [6.45, 7) is 7.44. The van der Waals surface area contributed by atoms with Crippen LogP contribution in [0.5, 0.6) is 0 Å². The summed E-state index contributed by atoms with van der Waals surface area (Å²) in [5.74, 6) is 1.57. The third-order valence-electron chi connectivity index (χ3n) is 3.02. The van der Waals surface area contributed by atoms with Gasteiger partial charge < -0.3 is 10.4 Å². The van der Waals surface area contributed by atoms with Gasteiger partial charge in [0.25, 0.3) is 0 Å². The van der Waals surface area contributed by atoms with Crippen molar-refractivity contribution in [3.05, 3.63) is 18.0 Å². The summed E-state index contributed by atoms with van der Waals surface area (Å²) in [7, 11) is 0. The van der Waals surface area contributed by atoms with E-state index in [4.69, 9.17) is 5.11 Å². The largest absolute Gasteiger partial charge is 0.395 e. The van der Waals surface area contributed by atoms with Crippen LogP contribution < -0.4 is 5.32 Å². The molecule has 0 unspecified atom stereocenters. The molecule has 104 valence electrons. The van der Waals surface area contributed by atoms with Crippen molar-refractivity contribution in [3.8, 4) is 0 Å². The zero-order valence-electron chi connectivity index (χ0n) is 11.4. The fraction of sp³-hybridized carbons (Fsp3) is 0.583. The van der Waals surface area contributed by atoms with Crippen LogP contribution in [0.25, 0.3) is 5.65 Å². The zero-order valence-corrected chi connectivity index (χ0v) is 11.4. The maximum atomic E-state index is 8.92. The first-order valence-corrected chi connectivity index (χ1v) is 6.50. The molecule has 2 N–H and O–H groups in total. The van der Waals surface area contributed by atoms with Crippen LogP contribution in [-0.2, 0) is 0 Å². The number of aliphatic hydroxyl groups excluding tert-OH is 1. The molecule has 0 spiro atoms. The SMILES string of the molecule is CCN(CCO)CCNc1ccc2nnc(C)n2n1. The van der Waals surface area contributed by atoms with Crippen molar-refractivity contribution in [1.82, 2.24) is 24.7 Å². The lowest BCUT2D eigenvalue weighted by atomic mass is 10.4. The van der Waals surface area contributed by atoms with Gasteiger partial charge in [-0.25, -0.2) is 0 Å². The second-order valence-electron chi connectivity index (χ2n) is 4.32. The van der Waals surface area contributed by atoms with Gasteiger partial charge in [-0.1, -0.05) is 6.92 Å². The van der Waals surface area contributed by atoms with Crippen LogP contribution in [0.1, 0.15) is 12.7 Å². The Morgan fingerprint density at radius 2 is 2.16 bits per heavy atom. The number of aliphatic hydroxyl groups is 1. The van der Waals surface area contributed by atoms with Crippen molar-refractivity contribution in [2.75, 3.05) is 38.1 Å². The number of likely N-dealkylation sites (N-methyl/N-ethyl adjacent to an activating group) is 1. The number of fused-ring (bicyclic) bond motifs is 1. The number of aryl methyl sites for hydroxylation is 1. The summed E-state index contributed by atoms with van der Waals surface area (Å²) >= 11 is 0. The van der Waals surface area contributed by atoms with Gasteiger partial charge in [0.05, 0.1) is 6.61 Å². The highest BCUT2D eigenvalue weighted by Crippen LogP contribution is 2.06. The van der Waals surface area contributed by atoms with Gasteiger partial charge in [0, 0.05) is 19.6 Å². The fourth-order valence-electron chi connectivity index (χ4n) is 1.90. The molecule has 0 fully saturated rings. The van der Waals surface area contributed by atoms with Crippen molar-refractivity contribution >= 4 is 11.5 Å². The quantitative estimate of drug-likeness (QED) is 0.741. The van der Waals surface area contributed by atoms with Crippen LogP contribution in [0, 0.1) is 6.92 Å². The van der Waals surface area contributed by atoms with E-state index >= 15 is 0 Å². The third-order valence-corrected chi connectivity index (χ3v) is 3.02. The van der Waals surface area contributed by atoms with Gasteiger partial charge in [-0.15, -0.1) is 15.3 Å². The van der Waals surface area contributed by atoms with E-state index in [9.17, 15) is 0 Å². The molecule has 7 nitrogen and oxygen atoms in total. The Hall–Kier alpha value is -1.73. The highest BCUT2D eigenvalue weighted by atomic mass is 16.3. The molecule has 0 bridgehead atoms. The van der Waals surface area contributed by atoms with Gasteiger partial charge in [0.1, 0.15) is 5.82 Å². The molecule has 0 aromatic carbocycles. The Bertz CT molecular complexity index is 526. The van der Waals surface area contributed by atoms with Crippen LogP contribution in [0.15, 0.2) is 12.1 Å². The molecule has 0 aliphatic rings. The molecule has 0 amide bonds. The van der Waals surface area contributed by atoms with Crippen LogP contribution in [0.2, 0.25) is 0 Å². The van der Waals surface area contributed by atoms with E-state index in [1.807, 2.05) is 19.1 Å². The van der Waals surface area contributed by atoms with E-state index in [0.29, 0.717) is 6.54 Å². The average molecular weight is 264 g/mol. The molecular formula is C12H20N6O. The predicted octanol–water partition coefficient (Wildman–Crippen LogP) is 0.159. The summed E-state index contributed by atoms with van der Waals surface area (Å²) < 4.78 is 1.72. The number of hydrogen-bond donors (Lipinski definition) is 2. The first-order valence-electron chi connectivity index (χ1n) is 6.50. The van der Waals surface area contributed by atoms with Gasteiger partial charge >= 0.3 is 0 Å². The second-order valence-corrected chi connectivity index (χ2v) is 4.32. The number of anilines is 1. The Labute approximate surface area is 112 Å². The van der Waals surface area contributed by atoms with Crippen molar-refractivity contribution in [2.45, 2.75) is 13.8 Å². The molecule has 0 atom stereocenters. The van der Waals surface area contributed by atoms with E-state index in [0.717, 1.165) is 36.9 Å². The standard InChI is InChI=1S/C12H20N6O/c1-3-17(8-9-19)7-6-13-11-4-5-12-15-14-10(2)18(12)16-11/h4-5,19H,3,6-9H2,1-2H3,(H,13,16). The number of rotatable bonds is 7. The van der Waals surface area contributed by atoms with Crippen LogP contribution in [-0.4, -0.2) is 62.6 Å². The minimum absolute atomic E-state index is 0.192. The van der Waals surface area contributed by atoms with Crippen LogP contribution in [0.4, 0.5) is 5.82 Å². The molecule has 7 heteroatoms. The van der Waals surface area contributed by atoms with E-state index < -0.39 is 0 Å². The molecule has 0 aliphatic carbocycles. The summed E-state index contributed by atoms with van der Waals surface area (Å²) in [4.78, 5) is 2.18. The fourth-order valence-corrected chi connectivity index (χ4v) is 1.90. The molecule has 19 heavy (non-hydrogen) atoms. The zero-order chi connectivity index (χ0) is 13.7. The number of nitrogens with zero attached hydrogens (tertiary/aromatic N) is 5. The lowest BCUT2D eigenvalue weighted by Crippen LogP contribution is -2.31. The van der Waals surface area contributed by atoms with Crippen molar-refractivity contribution < 1.29 is 5.11 Å². The molecule has 0 saturated heterocycles. The number of nitrogens with one attached hydrogen (secondary N) is 1. The average Bonchev–Trinajstić information content (AvgIpc) is 2.79. The van der Waals surface area contributed by atoms with Crippen molar-refractivity contribution in [2.24, 2.45) is 0 Å². The van der Waals surface area contributed by atoms with Gasteiger partial charge in [0.2, 0.25) is 0 Å². The van der Waals surface area contributed by atoms with Gasteiger partial charge in [-0.3, -0.25) is 4.90 Å². The molecule has 0 saturated carbocycles. The monoisotopic (exact) mass is 264 g/mol.